The predicted octanol–water partition coefficient (Wildman–Crippen LogP) is 2.27. The van der Waals surface area contributed by atoms with Crippen molar-refractivity contribution in [2.24, 2.45) is 5.92 Å². The van der Waals surface area contributed by atoms with Gasteiger partial charge in [-0.2, -0.15) is 0 Å². The van der Waals surface area contributed by atoms with Gasteiger partial charge in [0.25, 0.3) is 0 Å². The van der Waals surface area contributed by atoms with Crippen LogP contribution in [0, 0.1) is 5.92 Å². The van der Waals surface area contributed by atoms with Crippen LogP contribution in [-0.2, 0) is 0 Å². The minimum absolute atomic E-state index is 0.523. The summed E-state index contributed by atoms with van der Waals surface area (Å²) in [7, 11) is 2.30. The summed E-state index contributed by atoms with van der Waals surface area (Å²) < 4.78 is 0. The lowest BCUT2D eigenvalue weighted by Crippen LogP contribution is -2.41. The molecule has 2 heterocycles. The fraction of sp³-hybridized carbons (Fsp3) is 1.00. The highest BCUT2D eigenvalue weighted by molar-refractivity contribution is 5.13. The number of fused-ring (bicyclic) bond motifs is 2. The molecule has 11 heavy (non-hydrogen) atoms. The van der Waals surface area contributed by atoms with Gasteiger partial charge in [0.15, 0.2) is 0 Å². The molecular weight excluding hydrogens is 134 g/mol. The van der Waals surface area contributed by atoms with E-state index >= 15 is 0 Å². The van der Waals surface area contributed by atoms with Gasteiger partial charge in [0.2, 0.25) is 0 Å². The molecule has 0 spiro atoms. The highest BCUT2D eigenvalue weighted by Gasteiger charge is 2.57. The lowest BCUT2D eigenvalue weighted by Gasteiger charge is -2.32. The summed E-state index contributed by atoms with van der Waals surface area (Å²) in [6.07, 6.45) is 4.21. The second kappa shape index (κ2) is 1.82. The van der Waals surface area contributed by atoms with Gasteiger partial charge >= 0.3 is 0 Å². The summed E-state index contributed by atoms with van der Waals surface area (Å²) in [5, 5.41) is 0. The average Bonchev–Trinajstić information content (AvgIpc) is 2.23. The zero-order chi connectivity index (χ0) is 8.28. The maximum absolute atomic E-state index is 2.62. The SMILES string of the molecule is CC1C[C@]2(C)CC[C@@]1(C)N2C. The molecule has 1 nitrogen and oxygen atoms in total. The van der Waals surface area contributed by atoms with E-state index in [1.54, 1.807) is 0 Å². The Morgan fingerprint density at radius 1 is 1.27 bits per heavy atom. The number of hydrogen-bond acceptors (Lipinski definition) is 1. The van der Waals surface area contributed by atoms with E-state index in [1.165, 1.54) is 19.3 Å². The molecule has 0 aromatic carbocycles. The summed E-state index contributed by atoms with van der Waals surface area (Å²) in [5.41, 5.74) is 1.06. The normalized spacial score (nSPS) is 57.3. The van der Waals surface area contributed by atoms with Crippen molar-refractivity contribution in [3.63, 3.8) is 0 Å². The molecule has 2 aliphatic heterocycles. The third-order valence-electron chi connectivity index (χ3n) is 4.55. The van der Waals surface area contributed by atoms with Crippen LogP contribution in [0.3, 0.4) is 0 Å². The van der Waals surface area contributed by atoms with Crippen LogP contribution in [0.2, 0.25) is 0 Å². The molecule has 0 amide bonds. The molecule has 2 bridgehead atoms. The van der Waals surface area contributed by atoms with Crippen molar-refractivity contribution >= 4 is 0 Å². The van der Waals surface area contributed by atoms with E-state index in [0.717, 1.165) is 5.92 Å². The highest BCUT2D eigenvalue weighted by Crippen LogP contribution is 2.54. The fourth-order valence-corrected chi connectivity index (χ4v) is 3.17. The number of rotatable bonds is 0. The standard InChI is InChI=1S/C10H19N/c1-8-7-9(2)5-6-10(8,3)11(9)4/h8H,5-7H2,1-4H3/t8?,9-,10+/m0/s1. The first-order valence-corrected chi connectivity index (χ1v) is 4.73. The van der Waals surface area contributed by atoms with Crippen LogP contribution in [0.25, 0.3) is 0 Å². The molecule has 2 saturated heterocycles. The van der Waals surface area contributed by atoms with Crippen LogP contribution < -0.4 is 0 Å². The molecule has 0 radical (unpaired) electrons. The Hall–Kier alpha value is -0.0400. The molecule has 2 rings (SSSR count). The van der Waals surface area contributed by atoms with E-state index in [0.29, 0.717) is 11.1 Å². The molecule has 0 N–H and O–H groups in total. The van der Waals surface area contributed by atoms with Gasteiger partial charge in [-0.05, 0) is 46.1 Å². The van der Waals surface area contributed by atoms with Crippen LogP contribution in [0.1, 0.15) is 40.0 Å². The predicted molar refractivity (Wildman–Crippen MR) is 47.6 cm³/mol. The van der Waals surface area contributed by atoms with Crippen molar-refractivity contribution in [1.82, 2.24) is 4.90 Å². The minimum atomic E-state index is 0.523. The summed E-state index contributed by atoms with van der Waals surface area (Å²) >= 11 is 0. The largest absolute Gasteiger partial charge is 0.295 e. The Bertz CT molecular complexity index is 189. The maximum atomic E-state index is 2.62. The lowest BCUT2D eigenvalue weighted by molar-refractivity contribution is 0.146. The summed E-state index contributed by atoms with van der Waals surface area (Å²) in [6.45, 7) is 7.25. The van der Waals surface area contributed by atoms with Crippen molar-refractivity contribution < 1.29 is 0 Å². The third kappa shape index (κ3) is 0.703. The first kappa shape index (κ1) is 7.60. The monoisotopic (exact) mass is 153 g/mol. The van der Waals surface area contributed by atoms with Gasteiger partial charge in [0.05, 0.1) is 0 Å². The van der Waals surface area contributed by atoms with Crippen molar-refractivity contribution in [1.29, 1.82) is 0 Å². The van der Waals surface area contributed by atoms with Gasteiger partial charge in [-0.25, -0.2) is 0 Å². The smallest absolute Gasteiger partial charge is 0.0210 e. The molecule has 0 saturated carbocycles. The average molecular weight is 153 g/mol. The Labute approximate surface area is 69.8 Å². The van der Waals surface area contributed by atoms with E-state index in [2.05, 4.69) is 32.7 Å². The Morgan fingerprint density at radius 3 is 2.09 bits per heavy atom. The molecule has 1 heteroatoms. The molecule has 3 atom stereocenters. The molecule has 0 aliphatic carbocycles. The molecule has 2 fully saturated rings. The minimum Gasteiger partial charge on any atom is -0.295 e. The Balaban J connectivity index is 2.37. The quantitative estimate of drug-likeness (QED) is 0.516. The van der Waals surface area contributed by atoms with Gasteiger partial charge in [0, 0.05) is 11.1 Å². The van der Waals surface area contributed by atoms with E-state index in [-0.39, 0.29) is 0 Å². The Morgan fingerprint density at radius 2 is 1.91 bits per heavy atom. The number of hydrogen-bond donors (Lipinski definition) is 0. The van der Waals surface area contributed by atoms with Gasteiger partial charge in [0.1, 0.15) is 0 Å². The molecule has 64 valence electrons. The molecule has 1 unspecified atom stereocenters. The first-order chi connectivity index (χ1) is 4.99. The van der Waals surface area contributed by atoms with Crippen LogP contribution in [0.4, 0.5) is 0 Å². The zero-order valence-corrected chi connectivity index (χ0v) is 8.15. The molecular formula is C10H19N. The van der Waals surface area contributed by atoms with Crippen molar-refractivity contribution in [2.45, 2.75) is 51.1 Å². The van der Waals surface area contributed by atoms with E-state index in [4.69, 9.17) is 0 Å². The van der Waals surface area contributed by atoms with E-state index in [9.17, 15) is 0 Å². The first-order valence-electron chi connectivity index (χ1n) is 4.73. The third-order valence-corrected chi connectivity index (χ3v) is 4.55. The lowest BCUT2D eigenvalue weighted by atomic mass is 9.77. The van der Waals surface area contributed by atoms with Crippen molar-refractivity contribution in [3.8, 4) is 0 Å². The van der Waals surface area contributed by atoms with Crippen LogP contribution in [0.5, 0.6) is 0 Å². The van der Waals surface area contributed by atoms with Gasteiger partial charge in [-0.15, -0.1) is 0 Å². The van der Waals surface area contributed by atoms with E-state index in [1.807, 2.05) is 0 Å². The van der Waals surface area contributed by atoms with Gasteiger partial charge in [-0.3, -0.25) is 4.90 Å². The second-order valence-corrected chi connectivity index (χ2v) is 5.02. The maximum Gasteiger partial charge on any atom is 0.0210 e. The van der Waals surface area contributed by atoms with Crippen LogP contribution in [0.15, 0.2) is 0 Å². The Kier molecular flexibility index (Phi) is 1.26. The second-order valence-electron chi connectivity index (χ2n) is 5.02. The van der Waals surface area contributed by atoms with Crippen molar-refractivity contribution in [2.75, 3.05) is 7.05 Å². The van der Waals surface area contributed by atoms with Crippen LogP contribution >= 0.6 is 0 Å². The molecule has 0 aromatic heterocycles. The van der Waals surface area contributed by atoms with E-state index < -0.39 is 0 Å². The van der Waals surface area contributed by atoms with Gasteiger partial charge in [-0.1, -0.05) is 6.92 Å². The summed E-state index contributed by atoms with van der Waals surface area (Å²) in [4.78, 5) is 2.62. The zero-order valence-electron chi connectivity index (χ0n) is 8.15. The number of nitrogens with zero attached hydrogens (tertiary/aromatic N) is 1. The fourth-order valence-electron chi connectivity index (χ4n) is 3.17. The van der Waals surface area contributed by atoms with Crippen molar-refractivity contribution in [3.05, 3.63) is 0 Å². The summed E-state index contributed by atoms with van der Waals surface area (Å²) in [5.74, 6) is 0.895. The molecule has 2 aliphatic rings. The van der Waals surface area contributed by atoms with Crippen LogP contribution in [-0.4, -0.2) is 23.0 Å². The topological polar surface area (TPSA) is 3.24 Å². The summed E-state index contributed by atoms with van der Waals surface area (Å²) in [6, 6.07) is 0. The molecule has 0 aromatic rings. The van der Waals surface area contributed by atoms with Gasteiger partial charge < -0.3 is 0 Å². The highest BCUT2D eigenvalue weighted by atomic mass is 15.3.